The molecule has 0 aromatic heterocycles. The zero-order valence-corrected chi connectivity index (χ0v) is 21.0. The highest BCUT2D eigenvalue weighted by Crippen LogP contribution is 2.37. The Kier molecular flexibility index (Phi) is 16.5. The molecular weight excluding hydrogens is 409 g/mol. The second-order valence-corrected chi connectivity index (χ2v) is 7.18. The first-order valence-corrected chi connectivity index (χ1v) is 11.6. The lowest BCUT2D eigenvalue weighted by atomic mass is 9.87. The number of hydrogen-bond acceptors (Lipinski definition) is 2. The summed E-state index contributed by atoms with van der Waals surface area (Å²) >= 11 is 0. The number of fused-ring (bicyclic) bond motifs is 1. The molecule has 1 aliphatic heterocycles. The molecule has 1 heterocycles. The zero-order chi connectivity index (χ0) is 25.1. The van der Waals surface area contributed by atoms with Crippen molar-refractivity contribution < 1.29 is 9.13 Å². The minimum atomic E-state index is -0.160. The minimum Gasteiger partial charge on any atom is -0.493 e. The number of halogens is 1. The van der Waals surface area contributed by atoms with E-state index in [4.69, 9.17) is 11.2 Å². The first-order chi connectivity index (χ1) is 16.0. The van der Waals surface area contributed by atoms with Gasteiger partial charge in [0.15, 0.2) is 0 Å². The van der Waals surface area contributed by atoms with Crippen molar-refractivity contribution >= 4 is 0 Å². The lowest BCUT2D eigenvalue weighted by Crippen LogP contribution is -2.15. The van der Waals surface area contributed by atoms with Crippen LogP contribution < -0.4 is 10.1 Å². The van der Waals surface area contributed by atoms with E-state index in [2.05, 4.69) is 37.4 Å². The first kappa shape index (κ1) is 29.8. The molecule has 0 saturated heterocycles. The van der Waals surface area contributed by atoms with Gasteiger partial charge in [0.25, 0.3) is 0 Å². The molecule has 1 aliphatic rings. The predicted octanol–water partition coefficient (Wildman–Crippen LogP) is 8.17. The van der Waals surface area contributed by atoms with E-state index in [0.29, 0.717) is 5.92 Å². The van der Waals surface area contributed by atoms with Crippen molar-refractivity contribution in [3.05, 3.63) is 102 Å². The lowest BCUT2D eigenvalue weighted by Gasteiger charge is -2.26. The summed E-state index contributed by atoms with van der Waals surface area (Å²) in [4.78, 5) is 0. The van der Waals surface area contributed by atoms with Crippen molar-refractivity contribution in [2.75, 3.05) is 6.61 Å². The van der Waals surface area contributed by atoms with Gasteiger partial charge in [0, 0.05) is 5.56 Å². The third-order valence-corrected chi connectivity index (χ3v) is 4.68. The molecule has 0 aliphatic carbocycles. The van der Waals surface area contributed by atoms with Crippen LogP contribution in [0.5, 0.6) is 5.75 Å². The van der Waals surface area contributed by atoms with Gasteiger partial charge in [-0.2, -0.15) is 0 Å². The fourth-order valence-corrected chi connectivity index (χ4v) is 3.14. The normalized spacial score (nSPS) is 13.5. The van der Waals surface area contributed by atoms with Crippen molar-refractivity contribution in [1.29, 1.82) is 0 Å². The summed E-state index contributed by atoms with van der Waals surface area (Å²) in [5.41, 5.74) is 4.62. The average molecular weight is 450 g/mol. The SMILES string of the molecule is C#Cc1ccc2c(c1)C(C/C(C)=C/NC=C)CCO2.C=CC.CC.CCc1ccc(F)cc1. The fraction of sp³-hybridized carbons (Fsp3) is 0.333. The van der Waals surface area contributed by atoms with Crippen LogP contribution in [0.4, 0.5) is 4.39 Å². The van der Waals surface area contributed by atoms with Gasteiger partial charge in [-0.3, -0.25) is 0 Å². The van der Waals surface area contributed by atoms with Crippen LogP contribution >= 0.6 is 0 Å². The molecule has 2 aromatic rings. The molecule has 1 unspecified atom stereocenters. The van der Waals surface area contributed by atoms with E-state index in [1.54, 1.807) is 24.4 Å². The van der Waals surface area contributed by atoms with Crippen molar-refractivity contribution in [3.63, 3.8) is 0 Å². The Hall–Kier alpha value is -3.25. The van der Waals surface area contributed by atoms with Crippen LogP contribution in [0.25, 0.3) is 0 Å². The van der Waals surface area contributed by atoms with Crippen LogP contribution in [0.15, 0.2) is 79.7 Å². The summed E-state index contributed by atoms with van der Waals surface area (Å²) in [5, 5.41) is 3.02. The summed E-state index contributed by atoms with van der Waals surface area (Å²) in [5.74, 6) is 3.97. The Balaban J connectivity index is 0.000000609. The summed E-state index contributed by atoms with van der Waals surface area (Å²) in [6.45, 7) is 17.8. The second-order valence-electron chi connectivity index (χ2n) is 7.18. The number of aryl methyl sites for hydroxylation is 1. The lowest BCUT2D eigenvalue weighted by molar-refractivity contribution is 0.266. The Bertz CT molecular complexity index is 891. The van der Waals surface area contributed by atoms with Crippen LogP contribution in [-0.2, 0) is 6.42 Å². The molecule has 3 heteroatoms. The van der Waals surface area contributed by atoms with Gasteiger partial charge in [0.1, 0.15) is 11.6 Å². The summed E-state index contributed by atoms with van der Waals surface area (Å²) in [7, 11) is 0. The smallest absolute Gasteiger partial charge is 0.123 e. The number of allylic oxidation sites excluding steroid dienone is 2. The van der Waals surface area contributed by atoms with Gasteiger partial charge in [-0.05, 0) is 92.9 Å². The van der Waals surface area contributed by atoms with E-state index in [9.17, 15) is 4.39 Å². The molecular formula is C30H40FNO. The molecule has 0 amide bonds. The highest BCUT2D eigenvalue weighted by atomic mass is 19.1. The average Bonchev–Trinajstić information content (AvgIpc) is 2.85. The fourth-order valence-electron chi connectivity index (χ4n) is 3.14. The van der Waals surface area contributed by atoms with E-state index < -0.39 is 0 Å². The van der Waals surface area contributed by atoms with E-state index in [-0.39, 0.29) is 5.82 Å². The van der Waals surface area contributed by atoms with E-state index in [1.807, 2.05) is 46.0 Å². The van der Waals surface area contributed by atoms with Crippen molar-refractivity contribution in [2.24, 2.45) is 0 Å². The van der Waals surface area contributed by atoms with Crippen molar-refractivity contribution in [2.45, 2.75) is 59.8 Å². The Morgan fingerprint density at radius 2 is 1.85 bits per heavy atom. The monoisotopic (exact) mass is 449 g/mol. The van der Waals surface area contributed by atoms with Crippen LogP contribution in [-0.4, -0.2) is 6.61 Å². The third-order valence-electron chi connectivity index (χ3n) is 4.68. The van der Waals surface area contributed by atoms with E-state index in [1.165, 1.54) is 28.8 Å². The summed E-state index contributed by atoms with van der Waals surface area (Å²) in [6, 6.07) is 12.6. The van der Waals surface area contributed by atoms with Crippen molar-refractivity contribution in [3.8, 4) is 18.1 Å². The summed E-state index contributed by atoms with van der Waals surface area (Å²) in [6.07, 6.45) is 13.9. The first-order valence-electron chi connectivity index (χ1n) is 11.6. The molecule has 0 saturated carbocycles. The Morgan fingerprint density at radius 3 is 2.39 bits per heavy atom. The molecule has 1 atom stereocenters. The molecule has 33 heavy (non-hydrogen) atoms. The molecule has 3 rings (SSSR count). The number of nitrogens with one attached hydrogen (secondary N) is 1. The number of benzene rings is 2. The molecule has 178 valence electrons. The highest BCUT2D eigenvalue weighted by Gasteiger charge is 2.21. The number of terminal acetylenes is 1. The molecule has 0 fully saturated rings. The van der Waals surface area contributed by atoms with Crippen LogP contribution in [0, 0.1) is 18.2 Å². The van der Waals surface area contributed by atoms with Gasteiger partial charge < -0.3 is 10.1 Å². The van der Waals surface area contributed by atoms with Crippen LogP contribution in [0.2, 0.25) is 0 Å². The maximum absolute atomic E-state index is 12.2. The molecule has 1 N–H and O–H groups in total. The third kappa shape index (κ3) is 11.8. The number of rotatable bonds is 5. The molecule has 0 radical (unpaired) electrons. The maximum atomic E-state index is 12.2. The van der Waals surface area contributed by atoms with E-state index >= 15 is 0 Å². The van der Waals surface area contributed by atoms with Crippen molar-refractivity contribution in [1.82, 2.24) is 5.32 Å². The standard InChI is InChI=1S/C17H19NO.C8H9F.C3H6.C2H6/c1-4-14-6-7-17-16(11-14)15(8-9-19-17)10-13(3)12-18-5-2;1-2-7-3-5-8(9)6-4-7;1-3-2;1-2/h1,5-7,11-12,15,18H,2,8-10H2,3H3;3-6H,2H2,1H3;3H,1H2,2H3;1-2H3/b13-12+;;;. The summed E-state index contributed by atoms with van der Waals surface area (Å²) < 4.78 is 17.9. The molecule has 2 aromatic carbocycles. The van der Waals surface area contributed by atoms with Gasteiger partial charge in [-0.1, -0.05) is 57.1 Å². The predicted molar refractivity (Wildman–Crippen MR) is 142 cm³/mol. The topological polar surface area (TPSA) is 21.3 Å². The van der Waals surface area contributed by atoms with Gasteiger partial charge >= 0.3 is 0 Å². The van der Waals surface area contributed by atoms with Gasteiger partial charge in [0.05, 0.1) is 6.61 Å². The van der Waals surface area contributed by atoms with Crippen LogP contribution in [0.3, 0.4) is 0 Å². The Labute approximate surface area is 201 Å². The van der Waals surface area contributed by atoms with E-state index in [0.717, 1.165) is 37.2 Å². The largest absolute Gasteiger partial charge is 0.493 e. The van der Waals surface area contributed by atoms with Crippen LogP contribution in [0.1, 0.15) is 70.1 Å². The van der Waals surface area contributed by atoms with Gasteiger partial charge in [-0.25, -0.2) is 4.39 Å². The molecule has 2 nitrogen and oxygen atoms in total. The van der Waals surface area contributed by atoms with Gasteiger partial charge in [0.2, 0.25) is 0 Å². The number of hydrogen-bond donors (Lipinski definition) is 1. The quantitative estimate of drug-likeness (QED) is 0.367. The Morgan fingerprint density at radius 1 is 1.21 bits per heavy atom. The molecule has 0 bridgehead atoms. The molecule has 0 spiro atoms. The van der Waals surface area contributed by atoms with Gasteiger partial charge in [-0.15, -0.1) is 13.0 Å². The maximum Gasteiger partial charge on any atom is 0.123 e. The zero-order valence-electron chi connectivity index (χ0n) is 21.0. The minimum absolute atomic E-state index is 0.160. The second kappa shape index (κ2) is 18.3. The highest BCUT2D eigenvalue weighted by molar-refractivity contribution is 5.46. The number of ether oxygens (including phenoxy) is 1.